The fraction of sp³-hybridized carbons (Fsp3) is 0.500. The van der Waals surface area contributed by atoms with Crippen molar-refractivity contribution >= 4 is 17.7 Å². The normalized spacial score (nSPS) is 13.3. The van der Waals surface area contributed by atoms with Gasteiger partial charge in [-0.25, -0.2) is 0 Å². The van der Waals surface area contributed by atoms with Gasteiger partial charge in [-0.1, -0.05) is 12.1 Å². The molecule has 3 N–H and O–H groups in total. The molecule has 0 aromatic heterocycles. The average Bonchev–Trinajstić information content (AvgIpc) is 2.27. The number of thioether (sulfide) groups is 1. The zero-order valence-electron chi connectivity index (χ0n) is 11.5. The van der Waals surface area contributed by atoms with E-state index in [2.05, 4.69) is 38.2 Å². The molecule has 0 radical (unpaired) electrons. The zero-order chi connectivity index (χ0) is 13.8. The Morgan fingerprint density at radius 3 is 2.33 bits per heavy atom. The minimum atomic E-state index is -0.279. The smallest absolute Gasteiger partial charge is 0.230 e. The van der Waals surface area contributed by atoms with E-state index in [9.17, 15) is 4.79 Å². The molecule has 100 valence electrons. The third kappa shape index (κ3) is 5.56. The minimum absolute atomic E-state index is 0.119. The molecule has 1 aromatic rings. The number of carbonyl (C=O) groups is 1. The van der Waals surface area contributed by atoms with Gasteiger partial charge in [0.25, 0.3) is 0 Å². The summed E-state index contributed by atoms with van der Waals surface area (Å²) in [5, 5.41) is 3.24. The number of benzene rings is 1. The highest BCUT2D eigenvalue weighted by molar-refractivity contribution is 8.00. The number of nitrogens with two attached hydrogens (primary N) is 1. The Morgan fingerprint density at radius 1 is 1.33 bits per heavy atom. The van der Waals surface area contributed by atoms with Crippen LogP contribution in [0.4, 0.5) is 0 Å². The van der Waals surface area contributed by atoms with E-state index >= 15 is 0 Å². The molecule has 0 heterocycles. The van der Waals surface area contributed by atoms with Crippen LogP contribution in [0, 0.1) is 0 Å². The van der Waals surface area contributed by atoms with Crippen LogP contribution in [0.25, 0.3) is 0 Å². The van der Waals surface area contributed by atoms with Crippen molar-refractivity contribution in [1.29, 1.82) is 0 Å². The Hall–Kier alpha value is -1.00. The summed E-state index contributed by atoms with van der Waals surface area (Å²) in [7, 11) is 0. The summed E-state index contributed by atoms with van der Waals surface area (Å²) in [4.78, 5) is 12.0. The topological polar surface area (TPSA) is 55.1 Å². The molecule has 4 heteroatoms. The summed E-state index contributed by atoms with van der Waals surface area (Å²) < 4.78 is 0. The maximum Gasteiger partial charge on any atom is 0.230 e. The lowest BCUT2D eigenvalue weighted by molar-refractivity contribution is -0.117. The molecular formula is C14H22N2OS. The van der Waals surface area contributed by atoms with Crippen LogP contribution < -0.4 is 11.1 Å². The molecule has 0 aliphatic rings. The van der Waals surface area contributed by atoms with Gasteiger partial charge in [0.1, 0.15) is 0 Å². The highest BCUT2D eigenvalue weighted by atomic mass is 32.2. The Bertz CT molecular complexity index is 395. The Balaban J connectivity index is 2.55. The van der Waals surface area contributed by atoms with Crippen LogP contribution >= 0.6 is 11.8 Å². The molecule has 1 aromatic carbocycles. The molecular weight excluding hydrogens is 244 g/mol. The quantitative estimate of drug-likeness (QED) is 0.805. The number of hydrogen-bond acceptors (Lipinski definition) is 3. The first-order valence-electron chi connectivity index (χ1n) is 6.08. The Morgan fingerprint density at radius 2 is 1.89 bits per heavy atom. The first-order chi connectivity index (χ1) is 8.28. The first-order valence-corrected chi connectivity index (χ1v) is 6.96. The molecule has 1 unspecified atom stereocenters. The summed E-state index contributed by atoms with van der Waals surface area (Å²) in [5.41, 5.74) is 6.60. The number of amides is 1. The van der Waals surface area contributed by atoms with E-state index in [4.69, 9.17) is 5.73 Å². The second kappa shape index (κ2) is 6.25. The van der Waals surface area contributed by atoms with Gasteiger partial charge < -0.3 is 11.1 Å². The van der Waals surface area contributed by atoms with Crippen molar-refractivity contribution in [1.82, 2.24) is 5.32 Å². The van der Waals surface area contributed by atoms with Crippen molar-refractivity contribution in [2.24, 2.45) is 5.73 Å². The molecule has 0 aliphatic carbocycles. The third-order valence-corrected chi connectivity index (χ3v) is 3.59. The van der Waals surface area contributed by atoms with E-state index in [1.807, 2.05) is 19.1 Å². The van der Waals surface area contributed by atoms with Crippen molar-refractivity contribution < 1.29 is 4.79 Å². The SMILES string of the molecule is CC(Sc1ccc(CNC(C)(C)C)cc1)C(N)=O. The number of primary amides is 1. The van der Waals surface area contributed by atoms with Crippen molar-refractivity contribution in [2.45, 2.75) is 49.9 Å². The number of carbonyl (C=O) groups excluding carboxylic acids is 1. The third-order valence-electron chi connectivity index (χ3n) is 2.46. The van der Waals surface area contributed by atoms with Gasteiger partial charge in [0.05, 0.1) is 5.25 Å². The molecule has 0 fully saturated rings. The van der Waals surface area contributed by atoms with Crippen LogP contribution in [0.3, 0.4) is 0 Å². The molecule has 18 heavy (non-hydrogen) atoms. The lowest BCUT2D eigenvalue weighted by atomic mass is 10.1. The standard InChI is InChI=1S/C14H22N2OS/c1-10(13(15)17)18-12-7-5-11(6-8-12)9-16-14(2,3)4/h5-8,10,16H,9H2,1-4H3,(H2,15,17). The van der Waals surface area contributed by atoms with Gasteiger partial charge in [-0.2, -0.15) is 0 Å². The van der Waals surface area contributed by atoms with Gasteiger partial charge in [0.15, 0.2) is 0 Å². The van der Waals surface area contributed by atoms with Crippen molar-refractivity contribution in [2.75, 3.05) is 0 Å². The number of nitrogens with one attached hydrogen (secondary N) is 1. The van der Waals surface area contributed by atoms with Gasteiger partial charge in [0, 0.05) is 17.0 Å². The highest BCUT2D eigenvalue weighted by Gasteiger charge is 2.11. The first kappa shape index (κ1) is 15.1. The lowest BCUT2D eigenvalue weighted by Gasteiger charge is -2.20. The molecule has 1 atom stereocenters. The number of hydrogen-bond donors (Lipinski definition) is 2. The average molecular weight is 266 g/mol. The van der Waals surface area contributed by atoms with Gasteiger partial charge >= 0.3 is 0 Å². The van der Waals surface area contributed by atoms with Gasteiger partial charge in [-0.3, -0.25) is 4.79 Å². The van der Waals surface area contributed by atoms with Gasteiger partial charge in [0.2, 0.25) is 5.91 Å². The van der Waals surface area contributed by atoms with Crippen LogP contribution in [0.2, 0.25) is 0 Å². The molecule has 0 spiro atoms. The van der Waals surface area contributed by atoms with Gasteiger partial charge in [-0.15, -0.1) is 11.8 Å². The summed E-state index contributed by atoms with van der Waals surface area (Å²) in [6.07, 6.45) is 0. The van der Waals surface area contributed by atoms with Gasteiger partial charge in [-0.05, 0) is 45.4 Å². The monoisotopic (exact) mass is 266 g/mol. The van der Waals surface area contributed by atoms with Crippen molar-refractivity contribution in [3.05, 3.63) is 29.8 Å². The molecule has 0 saturated heterocycles. The van der Waals surface area contributed by atoms with Crippen LogP contribution in [0.5, 0.6) is 0 Å². The van der Waals surface area contributed by atoms with Crippen LogP contribution in [0.1, 0.15) is 33.3 Å². The minimum Gasteiger partial charge on any atom is -0.369 e. The molecule has 1 amide bonds. The summed E-state index contributed by atoms with van der Waals surface area (Å²) in [6, 6.07) is 8.22. The van der Waals surface area contributed by atoms with E-state index in [1.54, 1.807) is 0 Å². The Labute approximate surface area is 114 Å². The fourth-order valence-electron chi connectivity index (χ4n) is 1.32. The predicted molar refractivity (Wildman–Crippen MR) is 77.5 cm³/mol. The second-order valence-corrected chi connectivity index (χ2v) is 6.82. The van der Waals surface area contributed by atoms with E-state index < -0.39 is 0 Å². The fourth-order valence-corrected chi connectivity index (χ4v) is 2.13. The number of rotatable bonds is 5. The largest absolute Gasteiger partial charge is 0.369 e. The zero-order valence-corrected chi connectivity index (χ0v) is 12.3. The highest BCUT2D eigenvalue weighted by Crippen LogP contribution is 2.23. The van der Waals surface area contributed by atoms with Crippen molar-refractivity contribution in [3.8, 4) is 0 Å². The van der Waals surface area contributed by atoms with E-state index in [0.29, 0.717) is 0 Å². The van der Waals surface area contributed by atoms with E-state index in [-0.39, 0.29) is 16.7 Å². The second-order valence-electron chi connectivity index (χ2n) is 5.41. The molecule has 3 nitrogen and oxygen atoms in total. The summed E-state index contributed by atoms with van der Waals surface area (Å²) >= 11 is 1.49. The maximum atomic E-state index is 11.0. The van der Waals surface area contributed by atoms with Crippen molar-refractivity contribution in [3.63, 3.8) is 0 Å². The molecule has 1 rings (SSSR count). The van der Waals surface area contributed by atoms with E-state index in [0.717, 1.165) is 11.4 Å². The van der Waals surface area contributed by atoms with Crippen LogP contribution in [-0.4, -0.2) is 16.7 Å². The molecule has 0 aliphatic heterocycles. The van der Waals surface area contributed by atoms with E-state index in [1.165, 1.54) is 17.3 Å². The summed E-state index contributed by atoms with van der Waals surface area (Å²) in [6.45, 7) is 9.10. The predicted octanol–water partition coefficient (Wildman–Crippen LogP) is 2.54. The summed E-state index contributed by atoms with van der Waals surface area (Å²) in [5.74, 6) is -0.279. The van der Waals surface area contributed by atoms with Crippen LogP contribution in [-0.2, 0) is 11.3 Å². The molecule has 0 bridgehead atoms. The maximum absolute atomic E-state index is 11.0. The lowest BCUT2D eigenvalue weighted by Crippen LogP contribution is -2.35. The Kier molecular flexibility index (Phi) is 5.23. The molecule has 0 saturated carbocycles. The van der Waals surface area contributed by atoms with Crippen LogP contribution in [0.15, 0.2) is 29.2 Å².